The van der Waals surface area contributed by atoms with Gasteiger partial charge in [-0.05, 0) is 19.3 Å². The molecule has 1 heterocycles. The van der Waals surface area contributed by atoms with E-state index >= 15 is 0 Å². The van der Waals surface area contributed by atoms with Crippen LogP contribution in [0.1, 0.15) is 39.5 Å². The van der Waals surface area contributed by atoms with Gasteiger partial charge in [0.05, 0.1) is 6.10 Å². The summed E-state index contributed by atoms with van der Waals surface area (Å²) in [5, 5.41) is 9.01. The largest absolute Gasteiger partial charge is 0.393 e. The van der Waals surface area contributed by atoms with Gasteiger partial charge in [0.25, 0.3) is 0 Å². The minimum absolute atomic E-state index is 0.0995. The van der Waals surface area contributed by atoms with Gasteiger partial charge in [-0.1, -0.05) is 20.3 Å². The quantitative estimate of drug-likeness (QED) is 0.587. The van der Waals surface area contributed by atoms with E-state index in [0.717, 1.165) is 32.5 Å². The molecule has 1 aliphatic rings. The van der Waals surface area contributed by atoms with Crippen LogP contribution >= 0.6 is 0 Å². The molecule has 68 valence electrons. The summed E-state index contributed by atoms with van der Waals surface area (Å²) in [7, 11) is 0. The van der Waals surface area contributed by atoms with Gasteiger partial charge in [0, 0.05) is 13.2 Å². The van der Waals surface area contributed by atoms with Crippen molar-refractivity contribution in [2.24, 2.45) is 0 Å². The summed E-state index contributed by atoms with van der Waals surface area (Å²) in [6, 6.07) is 0. The Hall–Kier alpha value is -0.0800. The Balaban J connectivity index is 0.000000292. The first-order valence-corrected chi connectivity index (χ1v) is 4.57. The van der Waals surface area contributed by atoms with Gasteiger partial charge in [-0.25, -0.2) is 0 Å². The SMILES string of the molecule is CCC.OC1CCCOCC1. The molecule has 0 aromatic rings. The van der Waals surface area contributed by atoms with Crippen molar-refractivity contribution in [3.8, 4) is 0 Å². The zero-order valence-corrected chi connectivity index (χ0v) is 7.68. The Bertz CT molecular complexity index is 66.0. The average Bonchev–Trinajstić information content (AvgIpc) is 2.18. The molecule has 1 N–H and O–H groups in total. The van der Waals surface area contributed by atoms with Crippen LogP contribution in [0.4, 0.5) is 0 Å². The second kappa shape index (κ2) is 8.02. The highest BCUT2D eigenvalue weighted by Crippen LogP contribution is 2.06. The molecule has 0 aromatic carbocycles. The predicted molar refractivity (Wildman–Crippen MR) is 46.6 cm³/mol. The third-order valence-corrected chi connectivity index (χ3v) is 1.42. The van der Waals surface area contributed by atoms with Gasteiger partial charge in [-0.3, -0.25) is 0 Å². The van der Waals surface area contributed by atoms with Crippen molar-refractivity contribution < 1.29 is 9.84 Å². The highest BCUT2D eigenvalue weighted by atomic mass is 16.5. The first-order chi connectivity index (χ1) is 5.31. The molecule has 0 radical (unpaired) electrons. The van der Waals surface area contributed by atoms with Crippen LogP contribution in [0, 0.1) is 0 Å². The lowest BCUT2D eigenvalue weighted by Crippen LogP contribution is -2.04. The fourth-order valence-corrected chi connectivity index (χ4v) is 0.887. The molecule has 2 nitrogen and oxygen atoms in total. The van der Waals surface area contributed by atoms with Gasteiger partial charge in [0.15, 0.2) is 0 Å². The molecule has 1 aliphatic heterocycles. The third kappa shape index (κ3) is 7.82. The van der Waals surface area contributed by atoms with Crippen molar-refractivity contribution in [1.82, 2.24) is 0 Å². The molecular weight excluding hydrogens is 140 g/mol. The summed E-state index contributed by atoms with van der Waals surface area (Å²) < 4.78 is 5.10. The molecule has 1 saturated heterocycles. The number of aliphatic hydroxyl groups excluding tert-OH is 1. The van der Waals surface area contributed by atoms with Gasteiger partial charge in [-0.15, -0.1) is 0 Å². The van der Waals surface area contributed by atoms with E-state index in [4.69, 9.17) is 9.84 Å². The predicted octanol–water partition coefficient (Wildman–Crippen LogP) is 1.96. The Labute approximate surface area is 69.6 Å². The lowest BCUT2D eigenvalue weighted by Gasteiger charge is -2.01. The van der Waals surface area contributed by atoms with Gasteiger partial charge >= 0.3 is 0 Å². The lowest BCUT2D eigenvalue weighted by molar-refractivity contribution is 0.118. The number of hydrogen-bond donors (Lipinski definition) is 1. The molecule has 11 heavy (non-hydrogen) atoms. The number of aliphatic hydroxyl groups is 1. The Morgan fingerprint density at radius 2 is 1.91 bits per heavy atom. The molecule has 1 atom stereocenters. The second-order valence-corrected chi connectivity index (χ2v) is 2.90. The van der Waals surface area contributed by atoms with Crippen molar-refractivity contribution in [3.63, 3.8) is 0 Å². The van der Waals surface area contributed by atoms with E-state index in [9.17, 15) is 0 Å². The highest BCUT2D eigenvalue weighted by molar-refractivity contribution is 4.57. The molecule has 0 saturated carbocycles. The molecule has 0 aliphatic carbocycles. The zero-order valence-electron chi connectivity index (χ0n) is 7.68. The minimum Gasteiger partial charge on any atom is -0.393 e. The van der Waals surface area contributed by atoms with Crippen LogP contribution in [0.2, 0.25) is 0 Å². The van der Waals surface area contributed by atoms with E-state index in [1.165, 1.54) is 6.42 Å². The zero-order chi connectivity index (χ0) is 8.53. The molecule has 1 rings (SSSR count). The standard InChI is InChI=1S/C6H12O2.C3H8/c7-6-2-1-4-8-5-3-6;1-3-2/h6-7H,1-5H2;3H2,1-2H3. The van der Waals surface area contributed by atoms with E-state index in [-0.39, 0.29) is 6.10 Å². The summed E-state index contributed by atoms with van der Waals surface area (Å²) in [4.78, 5) is 0. The fraction of sp³-hybridized carbons (Fsp3) is 1.00. The van der Waals surface area contributed by atoms with Crippen molar-refractivity contribution in [1.29, 1.82) is 0 Å². The monoisotopic (exact) mass is 160 g/mol. The number of ether oxygens (including phenoxy) is 1. The lowest BCUT2D eigenvalue weighted by atomic mass is 10.2. The fourth-order valence-electron chi connectivity index (χ4n) is 0.887. The van der Waals surface area contributed by atoms with Crippen LogP contribution in [0.5, 0.6) is 0 Å². The third-order valence-electron chi connectivity index (χ3n) is 1.42. The van der Waals surface area contributed by atoms with E-state index in [1.807, 2.05) is 0 Å². The molecule has 2 heteroatoms. The topological polar surface area (TPSA) is 29.5 Å². The minimum atomic E-state index is -0.0995. The molecule has 0 spiro atoms. The van der Waals surface area contributed by atoms with Crippen molar-refractivity contribution in [3.05, 3.63) is 0 Å². The summed E-state index contributed by atoms with van der Waals surface area (Å²) >= 11 is 0. The smallest absolute Gasteiger partial charge is 0.0563 e. The summed E-state index contributed by atoms with van der Waals surface area (Å²) in [5.74, 6) is 0. The van der Waals surface area contributed by atoms with E-state index < -0.39 is 0 Å². The van der Waals surface area contributed by atoms with Gasteiger partial charge < -0.3 is 9.84 Å². The normalized spacial score (nSPS) is 24.8. The van der Waals surface area contributed by atoms with E-state index in [0.29, 0.717) is 0 Å². The van der Waals surface area contributed by atoms with E-state index in [1.54, 1.807) is 0 Å². The average molecular weight is 160 g/mol. The van der Waals surface area contributed by atoms with Crippen LogP contribution in [-0.2, 0) is 4.74 Å². The van der Waals surface area contributed by atoms with Crippen molar-refractivity contribution >= 4 is 0 Å². The molecular formula is C9H20O2. The summed E-state index contributed by atoms with van der Waals surface area (Å²) in [5.41, 5.74) is 0. The molecule has 0 amide bonds. The maximum atomic E-state index is 9.01. The molecule has 0 bridgehead atoms. The number of rotatable bonds is 0. The van der Waals surface area contributed by atoms with Crippen LogP contribution in [0.25, 0.3) is 0 Å². The molecule has 1 fully saturated rings. The van der Waals surface area contributed by atoms with Crippen molar-refractivity contribution in [2.75, 3.05) is 13.2 Å². The highest BCUT2D eigenvalue weighted by Gasteiger charge is 2.06. The van der Waals surface area contributed by atoms with Gasteiger partial charge in [-0.2, -0.15) is 0 Å². The molecule has 0 aromatic heterocycles. The second-order valence-electron chi connectivity index (χ2n) is 2.90. The van der Waals surface area contributed by atoms with Gasteiger partial charge in [0.1, 0.15) is 0 Å². The van der Waals surface area contributed by atoms with Crippen LogP contribution in [0.15, 0.2) is 0 Å². The summed E-state index contributed by atoms with van der Waals surface area (Å²) in [6.07, 6.45) is 3.90. The van der Waals surface area contributed by atoms with Crippen LogP contribution in [0.3, 0.4) is 0 Å². The van der Waals surface area contributed by atoms with Crippen LogP contribution < -0.4 is 0 Å². The Morgan fingerprint density at radius 3 is 2.55 bits per heavy atom. The maximum Gasteiger partial charge on any atom is 0.0563 e. The first kappa shape index (κ1) is 10.9. The number of hydrogen-bond acceptors (Lipinski definition) is 2. The Morgan fingerprint density at radius 1 is 1.27 bits per heavy atom. The molecule has 1 unspecified atom stereocenters. The van der Waals surface area contributed by atoms with Crippen LogP contribution in [-0.4, -0.2) is 24.4 Å². The van der Waals surface area contributed by atoms with E-state index in [2.05, 4.69) is 13.8 Å². The van der Waals surface area contributed by atoms with Crippen molar-refractivity contribution in [2.45, 2.75) is 45.6 Å². The van der Waals surface area contributed by atoms with Gasteiger partial charge in [0.2, 0.25) is 0 Å². The summed E-state index contributed by atoms with van der Waals surface area (Å²) in [6.45, 7) is 5.82. The maximum absolute atomic E-state index is 9.01. The first-order valence-electron chi connectivity index (χ1n) is 4.57. The Kier molecular flexibility index (Phi) is 7.96.